The van der Waals surface area contributed by atoms with E-state index in [-0.39, 0.29) is 11.9 Å². The molecule has 0 saturated carbocycles. The van der Waals surface area contributed by atoms with Gasteiger partial charge in [-0.3, -0.25) is 0 Å². The molecular formula is C11H16FNO2. The maximum atomic E-state index is 12.9. The van der Waals surface area contributed by atoms with E-state index >= 15 is 0 Å². The Kier molecular flexibility index (Phi) is 3.91. The topological polar surface area (TPSA) is 41.5 Å². The molecular weight excluding hydrogens is 197 g/mol. The third-order valence-corrected chi connectivity index (χ3v) is 2.27. The lowest BCUT2D eigenvalue weighted by atomic mass is 10.2. The highest BCUT2D eigenvalue weighted by Gasteiger charge is 2.11. The van der Waals surface area contributed by atoms with Crippen LogP contribution in [-0.4, -0.2) is 24.4 Å². The summed E-state index contributed by atoms with van der Waals surface area (Å²) in [4.78, 5) is 0. The van der Waals surface area contributed by atoms with Gasteiger partial charge in [-0.25, -0.2) is 4.39 Å². The number of aliphatic hydroxyl groups is 1. The molecule has 0 radical (unpaired) electrons. The molecule has 0 bridgehead atoms. The number of hydrogen-bond donors (Lipinski definition) is 2. The van der Waals surface area contributed by atoms with Gasteiger partial charge >= 0.3 is 0 Å². The number of benzene rings is 1. The highest BCUT2D eigenvalue weighted by atomic mass is 19.1. The van der Waals surface area contributed by atoms with E-state index in [9.17, 15) is 9.50 Å². The molecule has 0 spiro atoms. The van der Waals surface area contributed by atoms with Crippen molar-refractivity contribution < 1.29 is 14.2 Å². The van der Waals surface area contributed by atoms with Gasteiger partial charge in [0, 0.05) is 12.1 Å². The molecule has 1 aromatic rings. The van der Waals surface area contributed by atoms with Gasteiger partial charge in [0.2, 0.25) is 0 Å². The maximum Gasteiger partial charge on any atom is 0.144 e. The van der Waals surface area contributed by atoms with Gasteiger partial charge in [-0.2, -0.15) is 0 Å². The Morgan fingerprint density at radius 1 is 1.40 bits per heavy atom. The predicted octanol–water partition coefficient (Wildman–Crippen LogP) is 2.02. The molecule has 2 N–H and O–H groups in total. The Morgan fingerprint density at radius 3 is 2.60 bits per heavy atom. The minimum atomic E-state index is -0.486. The molecule has 0 amide bonds. The van der Waals surface area contributed by atoms with Crippen molar-refractivity contribution >= 4 is 5.69 Å². The summed E-state index contributed by atoms with van der Waals surface area (Å²) >= 11 is 0. The summed E-state index contributed by atoms with van der Waals surface area (Å²) in [5, 5.41) is 12.4. The molecule has 3 nitrogen and oxygen atoms in total. The zero-order chi connectivity index (χ0) is 11.4. The van der Waals surface area contributed by atoms with Crippen molar-refractivity contribution in [3.63, 3.8) is 0 Å². The molecule has 84 valence electrons. The van der Waals surface area contributed by atoms with Crippen LogP contribution >= 0.6 is 0 Å². The van der Waals surface area contributed by atoms with Crippen molar-refractivity contribution in [3.05, 3.63) is 24.0 Å². The Labute approximate surface area is 88.9 Å². The Hall–Kier alpha value is -1.29. The number of rotatable bonds is 4. The average Bonchev–Trinajstić information content (AvgIpc) is 2.20. The minimum absolute atomic E-state index is 0.121. The molecule has 2 unspecified atom stereocenters. The van der Waals surface area contributed by atoms with E-state index in [0.29, 0.717) is 11.4 Å². The number of hydrogen-bond acceptors (Lipinski definition) is 3. The molecule has 1 rings (SSSR count). The van der Waals surface area contributed by atoms with E-state index in [2.05, 4.69) is 5.32 Å². The first-order valence-corrected chi connectivity index (χ1v) is 4.82. The molecule has 4 heteroatoms. The lowest BCUT2D eigenvalue weighted by Gasteiger charge is -2.19. The minimum Gasteiger partial charge on any atom is -0.494 e. The zero-order valence-corrected chi connectivity index (χ0v) is 9.12. The van der Waals surface area contributed by atoms with Crippen LogP contribution in [0.3, 0.4) is 0 Å². The highest BCUT2D eigenvalue weighted by Crippen LogP contribution is 2.25. The second-order valence-corrected chi connectivity index (χ2v) is 3.52. The van der Waals surface area contributed by atoms with Crippen LogP contribution in [0.1, 0.15) is 13.8 Å². The quantitative estimate of drug-likeness (QED) is 0.804. The average molecular weight is 213 g/mol. The number of nitrogens with one attached hydrogen (secondary N) is 1. The van der Waals surface area contributed by atoms with Gasteiger partial charge in [-0.05, 0) is 26.0 Å². The molecule has 0 aliphatic rings. The smallest absolute Gasteiger partial charge is 0.144 e. The van der Waals surface area contributed by atoms with Gasteiger partial charge in [0.15, 0.2) is 0 Å². The van der Waals surface area contributed by atoms with E-state index in [1.165, 1.54) is 19.2 Å². The second-order valence-electron chi connectivity index (χ2n) is 3.52. The molecule has 0 fully saturated rings. The van der Waals surface area contributed by atoms with Crippen molar-refractivity contribution in [1.82, 2.24) is 0 Å². The van der Waals surface area contributed by atoms with Crippen LogP contribution in [0.15, 0.2) is 18.2 Å². The van der Waals surface area contributed by atoms with Gasteiger partial charge < -0.3 is 15.2 Å². The van der Waals surface area contributed by atoms with Crippen molar-refractivity contribution in [1.29, 1.82) is 0 Å². The van der Waals surface area contributed by atoms with Crippen LogP contribution in [0.4, 0.5) is 10.1 Å². The lowest BCUT2D eigenvalue weighted by molar-refractivity contribution is 0.177. The van der Waals surface area contributed by atoms with Crippen LogP contribution in [-0.2, 0) is 0 Å². The van der Waals surface area contributed by atoms with Crippen LogP contribution in [0, 0.1) is 5.82 Å². The van der Waals surface area contributed by atoms with Crippen molar-refractivity contribution in [3.8, 4) is 5.75 Å². The van der Waals surface area contributed by atoms with E-state index < -0.39 is 6.10 Å². The summed E-state index contributed by atoms with van der Waals surface area (Å²) in [5.41, 5.74) is 0.673. The Bertz CT molecular complexity index is 328. The number of methoxy groups -OCH3 is 1. The fourth-order valence-corrected chi connectivity index (χ4v) is 1.15. The first kappa shape index (κ1) is 11.8. The number of ether oxygens (including phenoxy) is 1. The summed E-state index contributed by atoms with van der Waals surface area (Å²) in [6.07, 6.45) is -0.486. The zero-order valence-electron chi connectivity index (χ0n) is 9.12. The molecule has 2 atom stereocenters. The van der Waals surface area contributed by atoms with Gasteiger partial charge in [0.1, 0.15) is 11.6 Å². The largest absolute Gasteiger partial charge is 0.494 e. The third kappa shape index (κ3) is 3.09. The molecule has 0 heterocycles. The van der Waals surface area contributed by atoms with Gasteiger partial charge in [-0.1, -0.05) is 0 Å². The van der Waals surface area contributed by atoms with Crippen LogP contribution in [0.5, 0.6) is 5.75 Å². The van der Waals surface area contributed by atoms with E-state index in [4.69, 9.17) is 4.74 Å². The number of anilines is 1. The summed E-state index contributed by atoms with van der Waals surface area (Å²) in [5.74, 6) is 0.0876. The summed E-state index contributed by atoms with van der Waals surface area (Å²) in [6, 6.07) is 4.12. The first-order chi connectivity index (χ1) is 7.04. The molecule has 15 heavy (non-hydrogen) atoms. The Morgan fingerprint density at radius 2 is 2.07 bits per heavy atom. The molecule has 0 aliphatic carbocycles. The SMILES string of the molecule is COc1cc(F)ccc1NC(C)C(C)O. The summed E-state index contributed by atoms with van der Waals surface area (Å²) in [6.45, 7) is 3.53. The van der Waals surface area contributed by atoms with E-state index in [1.807, 2.05) is 6.92 Å². The van der Waals surface area contributed by atoms with Crippen molar-refractivity contribution in [2.24, 2.45) is 0 Å². The van der Waals surface area contributed by atoms with Crippen LogP contribution < -0.4 is 10.1 Å². The highest BCUT2D eigenvalue weighted by molar-refractivity contribution is 5.57. The van der Waals surface area contributed by atoms with Crippen LogP contribution in [0.25, 0.3) is 0 Å². The normalized spacial score (nSPS) is 14.5. The number of halogens is 1. The summed E-state index contributed by atoms with van der Waals surface area (Å²) in [7, 11) is 1.48. The monoisotopic (exact) mass is 213 g/mol. The molecule has 1 aromatic carbocycles. The molecule has 0 aliphatic heterocycles. The molecule has 0 aromatic heterocycles. The Balaban J connectivity index is 2.84. The predicted molar refractivity (Wildman–Crippen MR) is 57.7 cm³/mol. The summed E-state index contributed by atoms with van der Waals surface area (Å²) < 4.78 is 17.9. The molecule has 0 saturated heterocycles. The standard InChI is InChI=1S/C11H16FNO2/c1-7(8(2)14)13-10-5-4-9(12)6-11(10)15-3/h4-8,13-14H,1-3H3. The fourth-order valence-electron chi connectivity index (χ4n) is 1.15. The second kappa shape index (κ2) is 4.98. The van der Waals surface area contributed by atoms with Gasteiger partial charge in [0.25, 0.3) is 0 Å². The number of aliphatic hydroxyl groups excluding tert-OH is 1. The van der Waals surface area contributed by atoms with Crippen molar-refractivity contribution in [2.45, 2.75) is 26.0 Å². The lowest BCUT2D eigenvalue weighted by Crippen LogP contribution is -2.28. The van der Waals surface area contributed by atoms with E-state index in [0.717, 1.165) is 0 Å². The van der Waals surface area contributed by atoms with Crippen LogP contribution in [0.2, 0.25) is 0 Å². The third-order valence-electron chi connectivity index (χ3n) is 2.27. The van der Waals surface area contributed by atoms with Crippen molar-refractivity contribution in [2.75, 3.05) is 12.4 Å². The maximum absolute atomic E-state index is 12.9. The fraction of sp³-hybridized carbons (Fsp3) is 0.455. The van der Waals surface area contributed by atoms with E-state index in [1.54, 1.807) is 13.0 Å². The first-order valence-electron chi connectivity index (χ1n) is 4.82. The van der Waals surface area contributed by atoms with Gasteiger partial charge in [0.05, 0.1) is 18.9 Å². The van der Waals surface area contributed by atoms with Gasteiger partial charge in [-0.15, -0.1) is 0 Å².